The number of esters is 1. The molecule has 0 bridgehead atoms. The van der Waals surface area contributed by atoms with Crippen LogP contribution in [0.25, 0.3) is 5.52 Å². The van der Waals surface area contributed by atoms with Crippen LogP contribution in [0.5, 0.6) is 0 Å². The Kier molecular flexibility index (Phi) is 8.55. The maximum Gasteiger partial charge on any atom is 0.508 e. The molecule has 14 nitrogen and oxygen atoms in total. The van der Waals surface area contributed by atoms with E-state index in [1.54, 1.807) is 32.0 Å². The smallest absolute Gasteiger partial charge is 0.464 e. The van der Waals surface area contributed by atoms with Gasteiger partial charge in [-0.1, -0.05) is 12.8 Å². The normalized spacial score (nSPS) is 26.8. The highest BCUT2D eigenvalue weighted by Gasteiger charge is 2.58. The van der Waals surface area contributed by atoms with Gasteiger partial charge in [-0.25, -0.2) is 14.3 Å². The standard InChI is InChI=1S/C25H34N6O8/c1-14(19(30(2)3)23(34)36-10-15-6-4-5-7-15)38-24(35)37-11-17-20(32)21(33)25(12-26,39-17)18-9-8-16-22(27)28-13-29-31(16)18/h8-9,13-15,17,19-21,32-33H,4-7,10-11H2,1-3H3,(H2,27,28,29)/t14?,17-,19?,20-,21-,25+/m1/s1. The van der Waals surface area contributed by atoms with Gasteiger partial charge in [0.2, 0.25) is 5.60 Å². The van der Waals surface area contributed by atoms with Gasteiger partial charge in [0.15, 0.2) is 5.82 Å². The summed E-state index contributed by atoms with van der Waals surface area (Å²) in [5, 5.41) is 35.5. The number of ether oxygens (including phenoxy) is 4. The summed E-state index contributed by atoms with van der Waals surface area (Å²) in [4.78, 5) is 30.7. The van der Waals surface area contributed by atoms with Crippen LogP contribution < -0.4 is 5.73 Å². The third-order valence-electron chi connectivity index (χ3n) is 7.31. The van der Waals surface area contributed by atoms with Crippen LogP contribution in [-0.4, -0.2) is 99.6 Å². The topological polar surface area (TPSA) is 195 Å². The summed E-state index contributed by atoms with van der Waals surface area (Å²) in [7, 11) is 3.34. The number of carbonyl (C=O) groups excluding carboxylic acids is 2. The van der Waals surface area contributed by atoms with Crippen molar-refractivity contribution in [2.75, 3.05) is 33.0 Å². The number of aliphatic hydroxyl groups is 2. The van der Waals surface area contributed by atoms with Crippen molar-refractivity contribution in [3.63, 3.8) is 0 Å². The number of nitrogens with zero attached hydrogens (tertiary/aromatic N) is 5. The Morgan fingerprint density at radius 1 is 1.28 bits per heavy atom. The number of nitrogen functional groups attached to an aromatic ring is 1. The molecule has 1 aliphatic heterocycles. The fourth-order valence-corrected chi connectivity index (χ4v) is 5.24. The Labute approximate surface area is 225 Å². The van der Waals surface area contributed by atoms with E-state index in [0.29, 0.717) is 18.0 Å². The van der Waals surface area contributed by atoms with Crippen LogP contribution in [0.2, 0.25) is 0 Å². The van der Waals surface area contributed by atoms with E-state index in [0.717, 1.165) is 25.7 Å². The Morgan fingerprint density at radius 2 is 2.00 bits per heavy atom. The average Bonchev–Trinajstić information content (AvgIpc) is 3.62. The molecule has 0 amide bonds. The molecule has 39 heavy (non-hydrogen) atoms. The lowest BCUT2D eigenvalue weighted by molar-refractivity contribution is -0.155. The third kappa shape index (κ3) is 5.62. The lowest BCUT2D eigenvalue weighted by Gasteiger charge is -2.28. The molecular weight excluding hydrogens is 512 g/mol. The molecule has 4 rings (SSSR count). The molecule has 1 saturated carbocycles. The molecule has 0 aromatic carbocycles. The molecule has 0 radical (unpaired) electrons. The van der Waals surface area contributed by atoms with E-state index >= 15 is 0 Å². The second-order valence-electron chi connectivity index (χ2n) is 10.2. The van der Waals surface area contributed by atoms with Crippen molar-refractivity contribution in [2.45, 2.75) is 68.7 Å². The predicted molar refractivity (Wildman–Crippen MR) is 134 cm³/mol. The summed E-state index contributed by atoms with van der Waals surface area (Å²) in [6.07, 6.45) is -1.11. The van der Waals surface area contributed by atoms with E-state index in [2.05, 4.69) is 10.1 Å². The van der Waals surface area contributed by atoms with E-state index < -0.39 is 54.8 Å². The van der Waals surface area contributed by atoms with Crippen LogP contribution in [0, 0.1) is 17.2 Å². The number of carbonyl (C=O) groups is 2. The quantitative estimate of drug-likeness (QED) is 0.365. The number of hydrogen-bond donors (Lipinski definition) is 3. The first-order chi connectivity index (χ1) is 18.6. The molecule has 2 aromatic heterocycles. The van der Waals surface area contributed by atoms with Gasteiger partial charge in [-0.05, 0) is 51.9 Å². The zero-order chi connectivity index (χ0) is 28.3. The third-order valence-corrected chi connectivity index (χ3v) is 7.31. The van der Waals surface area contributed by atoms with Crippen molar-refractivity contribution in [2.24, 2.45) is 5.92 Å². The highest BCUT2D eigenvalue weighted by Crippen LogP contribution is 2.40. The second-order valence-corrected chi connectivity index (χ2v) is 10.2. The van der Waals surface area contributed by atoms with Gasteiger partial charge < -0.3 is 34.9 Å². The number of rotatable bonds is 9. The maximum absolute atomic E-state index is 12.7. The van der Waals surface area contributed by atoms with E-state index in [-0.39, 0.29) is 11.5 Å². The van der Waals surface area contributed by atoms with Gasteiger partial charge in [-0.15, -0.1) is 0 Å². The van der Waals surface area contributed by atoms with Crippen molar-refractivity contribution in [1.82, 2.24) is 19.5 Å². The van der Waals surface area contributed by atoms with Gasteiger partial charge in [0.05, 0.1) is 12.3 Å². The molecule has 2 fully saturated rings. The van der Waals surface area contributed by atoms with E-state index in [1.165, 1.54) is 16.9 Å². The van der Waals surface area contributed by atoms with Crippen LogP contribution in [0.15, 0.2) is 18.5 Å². The van der Waals surface area contributed by atoms with Crippen LogP contribution in [0.1, 0.15) is 38.3 Å². The fraction of sp³-hybridized carbons (Fsp3) is 0.640. The average molecular weight is 547 g/mol. The maximum atomic E-state index is 12.7. The van der Waals surface area contributed by atoms with Crippen molar-refractivity contribution in [1.29, 1.82) is 5.26 Å². The first kappa shape index (κ1) is 28.5. The summed E-state index contributed by atoms with van der Waals surface area (Å²) in [6, 6.07) is 4.08. The van der Waals surface area contributed by atoms with E-state index in [4.69, 9.17) is 24.7 Å². The molecule has 212 valence electrons. The predicted octanol–water partition coefficient (Wildman–Crippen LogP) is 0.356. The molecule has 2 unspecified atom stereocenters. The molecule has 4 N–H and O–H groups in total. The highest BCUT2D eigenvalue weighted by molar-refractivity contribution is 5.77. The zero-order valence-electron chi connectivity index (χ0n) is 22.1. The van der Waals surface area contributed by atoms with Gasteiger partial charge in [0.25, 0.3) is 0 Å². The minimum absolute atomic E-state index is 0.115. The molecule has 2 aromatic rings. The van der Waals surface area contributed by atoms with Crippen molar-refractivity contribution in [3.05, 3.63) is 24.2 Å². The molecule has 0 spiro atoms. The van der Waals surface area contributed by atoms with Gasteiger partial charge >= 0.3 is 12.1 Å². The molecular formula is C25H34N6O8. The summed E-state index contributed by atoms with van der Waals surface area (Å²) in [5.74, 6) is -0.0126. The molecule has 2 aliphatic rings. The molecule has 3 heterocycles. The number of nitriles is 1. The molecule has 1 aliphatic carbocycles. The Balaban J connectivity index is 1.37. The van der Waals surface area contributed by atoms with Crippen molar-refractivity contribution in [3.8, 4) is 6.07 Å². The summed E-state index contributed by atoms with van der Waals surface area (Å²) >= 11 is 0. The van der Waals surface area contributed by atoms with Crippen LogP contribution in [0.4, 0.5) is 10.6 Å². The first-order valence-electron chi connectivity index (χ1n) is 12.8. The Morgan fingerprint density at radius 3 is 2.67 bits per heavy atom. The number of fused-ring (bicyclic) bond motifs is 1. The minimum atomic E-state index is -2.03. The van der Waals surface area contributed by atoms with Gasteiger partial charge in [0.1, 0.15) is 55.0 Å². The second kappa shape index (κ2) is 11.7. The van der Waals surface area contributed by atoms with Crippen molar-refractivity contribution < 1.29 is 38.7 Å². The number of aromatic nitrogens is 3. The van der Waals surface area contributed by atoms with Crippen LogP contribution in [0.3, 0.4) is 0 Å². The summed E-state index contributed by atoms with van der Waals surface area (Å²) in [6.45, 7) is 1.33. The number of anilines is 1. The monoisotopic (exact) mass is 546 g/mol. The number of nitrogens with two attached hydrogens (primary N) is 1. The van der Waals surface area contributed by atoms with Crippen LogP contribution in [-0.2, 0) is 29.3 Å². The Hall–Kier alpha value is -3.51. The SMILES string of the molecule is CC(OC(=O)OC[C@H]1O[C@@](C#N)(c2ccc3c(N)ncnn23)[C@H](O)[C@@H]1O)C(C(=O)OCC1CCCC1)N(C)C. The Bertz CT molecular complexity index is 1220. The van der Waals surface area contributed by atoms with Crippen LogP contribution >= 0.6 is 0 Å². The number of hydrogen-bond acceptors (Lipinski definition) is 13. The molecule has 14 heteroatoms. The first-order valence-corrected chi connectivity index (χ1v) is 12.8. The van der Waals surface area contributed by atoms with Gasteiger partial charge in [-0.2, -0.15) is 10.4 Å². The summed E-state index contributed by atoms with van der Waals surface area (Å²) < 4.78 is 23.0. The zero-order valence-corrected chi connectivity index (χ0v) is 22.1. The van der Waals surface area contributed by atoms with Crippen molar-refractivity contribution >= 4 is 23.5 Å². The largest absolute Gasteiger partial charge is 0.508 e. The number of aliphatic hydroxyl groups excluding tert-OH is 2. The number of likely N-dealkylation sites (N-methyl/N-ethyl adjacent to an activating group) is 1. The van der Waals surface area contributed by atoms with Gasteiger partial charge in [0, 0.05) is 0 Å². The molecule has 1 saturated heterocycles. The summed E-state index contributed by atoms with van der Waals surface area (Å²) in [5.41, 5.74) is 4.32. The van der Waals surface area contributed by atoms with E-state index in [1.807, 2.05) is 6.07 Å². The lowest BCUT2D eigenvalue weighted by Crippen LogP contribution is -2.47. The van der Waals surface area contributed by atoms with E-state index in [9.17, 15) is 25.1 Å². The highest BCUT2D eigenvalue weighted by atomic mass is 16.7. The minimum Gasteiger partial charge on any atom is -0.464 e. The lowest BCUT2D eigenvalue weighted by atomic mass is 9.92. The fourth-order valence-electron chi connectivity index (χ4n) is 5.24. The molecule has 6 atom stereocenters. The van der Waals surface area contributed by atoms with Gasteiger partial charge in [-0.3, -0.25) is 9.69 Å².